The molecule has 0 bridgehead atoms. The van der Waals surface area contributed by atoms with E-state index in [2.05, 4.69) is 0 Å². The number of carbonyl (C=O) groups is 3. The second-order valence-electron chi connectivity index (χ2n) is 6.78. The third kappa shape index (κ3) is 2.42. The van der Waals surface area contributed by atoms with Gasteiger partial charge in [0.15, 0.2) is 5.78 Å². The Morgan fingerprint density at radius 2 is 2.04 bits per heavy atom. The molecule has 0 N–H and O–H groups in total. The smallest absolute Gasteiger partial charge is 0.309 e. The molecule has 5 atom stereocenters. The van der Waals surface area contributed by atoms with Gasteiger partial charge in [0.25, 0.3) is 0 Å². The minimum atomic E-state index is -0.428. The van der Waals surface area contributed by atoms with E-state index in [-0.39, 0.29) is 41.9 Å². The maximum absolute atomic E-state index is 12.3. The quantitative estimate of drug-likeness (QED) is 0.731. The summed E-state index contributed by atoms with van der Waals surface area (Å²) >= 11 is 0. The molecule has 0 saturated carbocycles. The Kier molecular flexibility index (Phi) is 3.90. The molecule has 0 amide bonds. The minimum Gasteiger partial charge on any atom is -0.462 e. The minimum absolute atomic E-state index is 0.0122. The lowest BCUT2D eigenvalue weighted by atomic mass is 9.79. The second kappa shape index (κ2) is 5.62. The molecule has 0 radical (unpaired) electrons. The molecule has 1 saturated heterocycles. The van der Waals surface area contributed by atoms with Crippen LogP contribution in [0.15, 0.2) is 22.8 Å². The second-order valence-corrected chi connectivity index (χ2v) is 6.78. The number of carbonyl (C=O) groups excluding carboxylic acids is 3. The van der Waals surface area contributed by atoms with Crippen LogP contribution in [0.5, 0.6) is 0 Å². The summed E-state index contributed by atoms with van der Waals surface area (Å²) in [5.74, 6) is -1.34. The summed E-state index contributed by atoms with van der Waals surface area (Å²) < 4.78 is 11.2. The number of esters is 2. The van der Waals surface area contributed by atoms with Gasteiger partial charge < -0.3 is 9.47 Å². The number of hydrogen-bond acceptors (Lipinski definition) is 5. The van der Waals surface area contributed by atoms with E-state index in [1.54, 1.807) is 13.0 Å². The summed E-state index contributed by atoms with van der Waals surface area (Å²) in [6.07, 6.45) is 1.55. The van der Waals surface area contributed by atoms with E-state index in [4.69, 9.17) is 9.47 Å². The fourth-order valence-electron chi connectivity index (χ4n) is 4.16. The third-order valence-electron chi connectivity index (χ3n) is 5.30. The van der Waals surface area contributed by atoms with Gasteiger partial charge in [0.05, 0.1) is 5.92 Å². The van der Waals surface area contributed by atoms with Gasteiger partial charge in [-0.1, -0.05) is 25.0 Å². The van der Waals surface area contributed by atoms with Crippen molar-refractivity contribution in [2.24, 2.45) is 17.8 Å². The van der Waals surface area contributed by atoms with Gasteiger partial charge in [0, 0.05) is 30.3 Å². The first-order valence-corrected chi connectivity index (χ1v) is 8.17. The van der Waals surface area contributed by atoms with E-state index in [9.17, 15) is 14.4 Å². The zero-order valence-electron chi connectivity index (χ0n) is 13.9. The number of ketones is 1. The lowest BCUT2D eigenvalue weighted by molar-refractivity contribution is -0.153. The van der Waals surface area contributed by atoms with Gasteiger partial charge in [-0.3, -0.25) is 14.4 Å². The van der Waals surface area contributed by atoms with E-state index in [1.165, 1.54) is 0 Å². The average molecular weight is 318 g/mol. The molecule has 23 heavy (non-hydrogen) atoms. The summed E-state index contributed by atoms with van der Waals surface area (Å²) in [6.45, 7) is 7.37. The molecule has 0 spiro atoms. The Bertz CT molecular complexity index is 642. The lowest BCUT2D eigenvalue weighted by Crippen LogP contribution is -2.37. The molecule has 3 rings (SSSR count). The first-order valence-electron chi connectivity index (χ1n) is 8.17. The van der Waals surface area contributed by atoms with Crippen molar-refractivity contribution in [3.05, 3.63) is 22.8 Å². The molecule has 124 valence electrons. The van der Waals surface area contributed by atoms with E-state index in [0.29, 0.717) is 6.42 Å². The van der Waals surface area contributed by atoms with E-state index in [0.717, 1.165) is 16.7 Å². The topological polar surface area (TPSA) is 69.7 Å². The van der Waals surface area contributed by atoms with Gasteiger partial charge in [-0.25, -0.2) is 0 Å². The van der Waals surface area contributed by atoms with E-state index < -0.39 is 12.2 Å². The van der Waals surface area contributed by atoms with E-state index >= 15 is 0 Å². The highest BCUT2D eigenvalue weighted by atomic mass is 16.6. The first-order chi connectivity index (χ1) is 10.8. The van der Waals surface area contributed by atoms with Crippen LogP contribution in [0.25, 0.3) is 0 Å². The Morgan fingerprint density at radius 1 is 1.35 bits per heavy atom. The maximum Gasteiger partial charge on any atom is 0.309 e. The number of ether oxygens (including phenoxy) is 2. The van der Waals surface area contributed by atoms with Crippen LogP contribution in [0.3, 0.4) is 0 Å². The summed E-state index contributed by atoms with van der Waals surface area (Å²) in [4.78, 5) is 36.3. The van der Waals surface area contributed by atoms with Crippen LogP contribution in [-0.4, -0.2) is 29.9 Å². The van der Waals surface area contributed by atoms with Gasteiger partial charge in [0.2, 0.25) is 0 Å². The molecular weight excluding hydrogens is 296 g/mol. The van der Waals surface area contributed by atoms with Crippen LogP contribution in [0.2, 0.25) is 0 Å². The zero-order valence-corrected chi connectivity index (χ0v) is 13.9. The SMILES string of the molecule is CCC(=O)O[C@@H]1CC(C)=C2C(=O)C=C(C)[C@@H]2[C@H]2OC(=O)[C@H](C)[C@@H]21. The largest absolute Gasteiger partial charge is 0.462 e. The van der Waals surface area contributed by atoms with Crippen molar-refractivity contribution >= 4 is 17.7 Å². The number of fused-ring (bicyclic) bond motifs is 3. The first kappa shape index (κ1) is 16.0. The third-order valence-corrected chi connectivity index (χ3v) is 5.30. The average Bonchev–Trinajstić information content (AvgIpc) is 2.89. The van der Waals surface area contributed by atoms with Crippen LogP contribution in [0.4, 0.5) is 0 Å². The Hall–Kier alpha value is -1.91. The lowest BCUT2D eigenvalue weighted by Gasteiger charge is -2.29. The van der Waals surface area contributed by atoms with Crippen LogP contribution in [0.1, 0.15) is 40.5 Å². The van der Waals surface area contributed by atoms with Gasteiger partial charge in [-0.2, -0.15) is 0 Å². The van der Waals surface area contributed by atoms with Gasteiger partial charge in [-0.05, 0) is 19.9 Å². The molecular formula is C18H22O5. The van der Waals surface area contributed by atoms with Crippen molar-refractivity contribution < 1.29 is 23.9 Å². The van der Waals surface area contributed by atoms with Crippen LogP contribution < -0.4 is 0 Å². The maximum atomic E-state index is 12.3. The molecule has 0 aromatic rings. The summed E-state index contributed by atoms with van der Waals surface area (Å²) in [5.41, 5.74) is 2.57. The Balaban J connectivity index is 2.05. The van der Waals surface area contributed by atoms with Crippen molar-refractivity contribution in [3.8, 4) is 0 Å². The Morgan fingerprint density at radius 3 is 2.70 bits per heavy atom. The molecule has 5 heteroatoms. The predicted octanol–water partition coefficient (Wildman–Crippen LogP) is 2.35. The normalized spacial score (nSPS) is 36.2. The van der Waals surface area contributed by atoms with Gasteiger partial charge in [0.1, 0.15) is 12.2 Å². The number of rotatable bonds is 2. The van der Waals surface area contributed by atoms with Crippen molar-refractivity contribution in [1.29, 1.82) is 0 Å². The fraction of sp³-hybridized carbons (Fsp3) is 0.611. The molecule has 2 aliphatic carbocycles. The molecule has 1 heterocycles. The zero-order chi connectivity index (χ0) is 16.9. The standard InChI is InChI=1S/C18H22O5/c1-5-13(20)22-12-7-9(3)14-11(19)6-8(2)15(14)17-16(12)10(4)18(21)23-17/h6,10,12,15-17H,5,7H2,1-4H3/t10-,12-,15+,16-,17-/m1/s1. The molecule has 3 aliphatic rings. The summed E-state index contributed by atoms with van der Waals surface area (Å²) in [6, 6.07) is 0. The molecule has 1 aliphatic heterocycles. The number of allylic oxidation sites excluding steroid dienone is 1. The Labute approximate surface area is 135 Å². The van der Waals surface area contributed by atoms with Crippen molar-refractivity contribution in [2.45, 2.75) is 52.7 Å². The van der Waals surface area contributed by atoms with Crippen LogP contribution in [-0.2, 0) is 23.9 Å². The van der Waals surface area contributed by atoms with Crippen LogP contribution >= 0.6 is 0 Å². The highest BCUT2D eigenvalue weighted by Gasteiger charge is 2.55. The van der Waals surface area contributed by atoms with Crippen molar-refractivity contribution in [2.75, 3.05) is 0 Å². The summed E-state index contributed by atoms with van der Waals surface area (Å²) in [7, 11) is 0. The molecule has 1 fully saturated rings. The van der Waals surface area contributed by atoms with E-state index in [1.807, 2.05) is 20.8 Å². The number of hydrogen-bond donors (Lipinski definition) is 0. The molecule has 5 nitrogen and oxygen atoms in total. The predicted molar refractivity (Wildman–Crippen MR) is 82.3 cm³/mol. The van der Waals surface area contributed by atoms with Gasteiger partial charge >= 0.3 is 11.9 Å². The van der Waals surface area contributed by atoms with Gasteiger partial charge in [-0.15, -0.1) is 0 Å². The van der Waals surface area contributed by atoms with Crippen molar-refractivity contribution in [1.82, 2.24) is 0 Å². The summed E-state index contributed by atoms with van der Waals surface area (Å²) in [5, 5.41) is 0. The molecule has 0 aromatic carbocycles. The molecule has 0 unspecified atom stereocenters. The highest BCUT2D eigenvalue weighted by Crippen LogP contribution is 2.48. The monoisotopic (exact) mass is 318 g/mol. The highest BCUT2D eigenvalue weighted by molar-refractivity contribution is 6.09. The fourth-order valence-corrected chi connectivity index (χ4v) is 4.16. The van der Waals surface area contributed by atoms with Crippen LogP contribution in [0, 0.1) is 17.8 Å². The molecule has 0 aromatic heterocycles. The van der Waals surface area contributed by atoms with Crippen molar-refractivity contribution in [3.63, 3.8) is 0 Å².